The molecule has 0 aliphatic rings. The Hall–Kier alpha value is 0.760. The monoisotopic (exact) mass is 300 g/mol. The van der Waals surface area contributed by atoms with Crippen LogP contribution in [0, 0.1) is 5.41 Å². The van der Waals surface area contributed by atoms with Crippen molar-refractivity contribution in [3.8, 4) is 0 Å². The fourth-order valence-electron chi connectivity index (χ4n) is 0.915. The van der Waals surface area contributed by atoms with Crippen molar-refractivity contribution in [1.29, 1.82) is 0 Å². The molecule has 1 atom stereocenters. The molecule has 0 amide bonds. The second-order valence-corrected chi connectivity index (χ2v) is 7.24. The van der Waals surface area contributed by atoms with E-state index in [0.717, 1.165) is 13.7 Å². The van der Waals surface area contributed by atoms with Crippen LogP contribution in [0.25, 0.3) is 0 Å². The Morgan fingerprint density at radius 3 is 2.31 bits per heavy atom. The van der Waals surface area contributed by atoms with Crippen molar-refractivity contribution in [3.63, 3.8) is 0 Å². The van der Waals surface area contributed by atoms with Crippen LogP contribution in [0.1, 0.15) is 31.0 Å². The third kappa shape index (κ3) is 2.85. The molecule has 1 aromatic rings. The topological polar surface area (TPSA) is 0 Å². The van der Waals surface area contributed by atoms with Gasteiger partial charge in [-0.2, -0.15) is 0 Å². The smallest absolute Gasteiger partial charge is 0.0887 e. The van der Waals surface area contributed by atoms with Gasteiger partial charge in [-0.25, -0.2) is 0 Å². The number of hydrogen-bond acceptors (Lipinski definition) is 1. The Bertz CT molecular complexity index is 282. The Morgan fingerprint density at radius 1 is 1.46 bits per heavy atom. The summed E-state index contributed by atoms with van der Waals surface area (Å²) in [5.74, 6) is 0. The molecule has 0 aliphatic heterocycles. The molecular weight excluding hydrogens is 291 g/mol. The molecule has 0 aliphatic carbocycles. The van der Waals surface area contributed by atoms with Gasteiger partial charge in [0.05, 0.1) is 14.2 Å². The highest BCUT2D eigenvalue weighted by Gasteiger charge is 2.26. The zero-order valence-electron chi connectivity index (χ0n) is 7.70. The van der Waals surface area contributed by atoms with Crippen LogP contribution >= 0.6 is 50.5 Å². The Balaban J connectivity index is 2.96. The summed E-state index contributed by atoms with van der Waals surface area (Å²) in [4.78, 5) is 1.12. The van der Waals surface area contributed by atoms with Gasteiger partial charge in [-0.15, -0.1) is 22.9 Å². The first-order valence-electron chi connectivity index (χ1n) is 3.91. The van der Waals surface area contributed by atoms with Crippen LogP contribution in [-0.2, 0) is 0 Å². The third-order valence-corrected chi connectivity index (χ3v) is 5.23. The minimum atomic E-state index is 0.0151. The molecule has 0 saturated heterocycles. The van der Waals surface area contributed by atoms with Crippen molar-refractivity contribution in [1.82, 2.24) is 0 Å². The highest BCUT2D eigenvalue weighted by molar-refractivity contribution is 9.11. The maximum Gasteiger partial charge on any atom is 0.0887 e. The Morgan fingerprint density at radius 2 is 2.00 bits per heavy atom. The predicted octanol–water partition coefficient (Wildman–Crippen LogP) is 5.49. The molecule has 0 fully saturated rings. The molecule has 0 aromatic carbocycles. The molecule has 0 N–H and O–H groups in total. The molecule has 1 rings (SSSR count). The van der Waals surface area contributed by atoms with E-state index in [2.05, 4.69) is 36.7 Å². The molecule has 1 aromatic heterocycles. The van der Waals surface area contributed by atoms with Gasteiger partial charge in [-0.05, 0) is 27.4 Å². The molecular formula is C9H11BrCl2S. The van der Waals surface area contributed by atoms with E-state index in [4.69, 9.17) is 23.2 Å². The molecule has 0 radical (unpaired) electrons. The van der Waals surface area contributed by atoms with Gasteiger partial charge >= 0.3 is 0 Å². The van der Waals surface area contributed by atoms with Crippen LogP contribution in [0.4, 0.5) is 0 Å². The lowest BCUT2D eigenvalue weighted by Gasteiger charge is -2.23. The van der Waals surface area contributed by atoms with Crippen LogP contribution in [0.3, 0.4) is 0 Å². The molecule has 0 bridgehead atoms. The van der Waals surface area contributed by atoms with Crippen LogP contribution in [0.15, 0.2) is 9.85 Å². The summed E-state index contributed by atoms with van der Waals surface area (Å²) in [6.07, 6.45) is 0. The van der Waals surface area contributed by atoms with Gasteiger partial charge in [-0.3, -0.25) is 0 Å². The highest BCUT2D eigenvalue weighted by atomic mass is 79.9. The van der Waals surface area contributed by atoms with Gasteiger partial charge in [0.2, 0.25) is 0 Å². The zero-order chi connectivity index (χ0) is 10.2. The molecule has 1 unspecified atom stereocenters. The fourth-order valence-corrected chi connectivity index (χ4v) is 3.08. The molecule has 13 heavy (non-hydrogen) atoms. The van der Waals surface area contributed by atoms with Gasteiger partial charge in [0, 0.05) is 4.88 Å². The van der Waals surface area contributed by atoms with Gasteiger partial charge in [0.15, 0.2) is 0 Å². The number of thiophene rings is 1. The van der Waals surface area contributed by atoms with E-state index in [1.165, 1.54) is 0 Å². The van der Waals surface area contributed by atoms with Gasteiger partial charge in [0.25, 0.3) is 0 Å². The first-order chi connectivity index (χ1) is 5.82. The Kier molecular flexibility index (Phi) is 3.73. The summed E-state index contributed by atoms with van der Waals surface area (Å²) in [6, 6.07) is 1.93. The number of alkyl halides is 1. The molecule has 0 nitrogen and oxygen atoms in total. The Labute approximate surface area is 101 Å². The van der Waals surface area contributed by atoms with E-state index >= 15 is 0 Å². The van der Waals surface area contributed by atoms with Crippen LogP contribution in [0.5, 0.6) is 0 Å². The summed E-state index contributed by atoms with van der Waals surface area (Å²) >= 11 is 17.2. The van der Waals surface area contributed by atoms with Gasteiger partial charge < -0.3 is 0 Å². The molecule has 74 valence electrons. The fraction of sp³-hybridized carbons (Fsp3) is 0.556. The van der Waals surface area contributed by atoms with Gasteiger partial charge in [-0.1, -0.05) is 32.4 Å². The van der Waals surface area contributed by atoms with Crippen molar-refractivity contribution in [3.05, 3.63) is 19.8 Å². The summed E-state index contributed by atoms with van der Waals surface area (Å²) in [5, 5.41) is 0.760. The highest BCUT2D eigenvalue weighted by Crippen LogP contribution is 2.44. The first kappa shape index (κ1) is 11.8. The second kappa shape index (κ2) is 4.09. The summed E-state index contributed by atoms with van der Waals surface area (Å²) in [7, 11) is 0. The van der Waals surface area contributed by atoms with Crippen molar-refractivity contribution < 1.29 is 0 Å². The minimum absolute atomic E-state index is 0.0151. The normalized spacial score (nSPS) is 14.6. The van der Waals surface area contributed by atoms with E-state index in [1.54, 1.807) is 11.3 Å². The van der Waals surface area contributed by atoms with E-state index < -0.39 is 0 Å². The molecule has 0 saturated carbocycles. The predicted molar refractivity (Wildman–Crippen MR) is 65.1 cm³/mol. The largest absolute Gasteiger partial charge is 0.130 e. The van der Waals surface area contributed by atoms with Gasteiger partial charge in [0.1, 0.15) is 0 Å². The number of rotatable bonds is 1. The maximum atomic E-state index is 6.30. The van der Waals surface area contributed by atoms with Crippen LogP contribution in [-0.4, -0.2) is 0 Å². The minimum Gasteiger partial charge on any atom is -0.130 e. The van der Waals surface area contributed by atoms with Crippen molar-refractivity contribution in [2.45, 2.75) is 26.1 Å². The van der Waals surface area contributed by atoms with Crippen molar-refractivity contribution >= 4 is 50.5 Å². The average molecular weight is 302 g/mol. The van der Waals surface area contributed by atoms with Crippen LogP contribution < -0.4 is 0 Å². The van der Waals surface area contributed by atoms with Crippen LogP contribution in [0.2, 0.25) is 5.02 Å². The average Bonchev–Trinajstić information content (AvgIpc) is 2.29. The zero-order valence-corrected chi connectivity index (χ0v) is 11.6. The summed E-state index contributed by atoms with van der Waals surface area (Å²) < 4.78 is 0.957. The SMILES string of the molecule is CC(C)(C)C(Cl)c1cc(Cl)c(Br)s1. The van der Waals surface area contributed by atoms with Crippen molar-refractivity contribution in [2.24, 2.45) is 5.41 Å². The van der Waals surface area contributed by atoms with E-state index in [0.29, 0.717) is 0 Å². The van der Waals surface area contributed by atoms with E-state index in [-0.39, 0.29) is 10.8 Å². The lowest BCUT2D eigenvalue weighted by Crippen LogP contribution is -2.11. The third-order valence-electron chi connectivity index (χ3n) is 1.67. The quantitative estimate of drug-likeness (QED) is 0.602. The standard InChI is InChI=1S/C9H11BrCl2S/c1-9(2,3)7(12)6-4-5(11)8(10)13-6/h4,7H,1-3H3. The van der Waals surface area contributed by atoms with E-state index in [1.807, 2.05) is 6.07 Å². The first-order valence-corrected chi connectivity index (χ1v) is 6.33. The van der Waals surface area contributed by atoms with E-state index in [9.17, 15) is 0 Å². The second-order valence-electron chi connectivity index (χ2n) is 4.00. The lowest BCUT2D eigenvalue weighted by molar-refractivity contribution is 0.399. The van der Waals surface area contributed by atoms with Crippen molar-refractivity contribution in [2.75, 3.05) is 0 Å². The summed E-state index contributed by atoms with van der Waals surface area (Å²) in [5.41, 5.74) is 0.0647. The number of hydrogen-bond donors (Lipinski definition) is 0. The lowest BCUT2D eigenvalue weighted by atomic mass is 9.91. The maximum absolute atomic E-state index is 6.30. The summed E-state index contributed by atoms with van der Waals surface area (Å²) in [6.45, 7) is 6.35. The molecule has 4 heteroatoms. The molecule has 1 heterocycles. The molecule has 0 spiro atoms. The number of halogens is 3.